The number of rotatable bonds is 25. The number of ether oxygens (including phenoxy) is 10. The number of fused-ring (bicyclic) bond motifs is 5. The zero-order valence-electron chi connectivity index (χ0n) is 71.4. The van der Waals surface area contributed by atoms with Gasteiger partial charge in [0.1, 0.15) is 86.3 Å². The molecule has 0 amide bonds. The third-order valence-corrected chi connectivity index (χ3v) is 24.7. The van der Waals surface area contributed by atoms with Gasteiger partial charge in [-0.1, -0.05) is 63.3 Å². The molecule has 0 atom stereocenters. The molecule has 0 spiro atoms. The molecule has 10 heterocycles. The SMILES string of the molecule is C=CCOc1ccc(-c2nc3sc(C)c(C)c3c(=O)[nH]2)cc1OC.C=CCOc1ccc(-c2nc3sc(C)c(C)c3c(=O)[nH]2)cc1OC.C=CCOc1ccc(-c2nc3sc(C)c(C)c3c(=O)[nH]2)cc1OC.C=CCOc1ccc(-c2nc3sc(C)c(C)c3c(=O)[nH]2)cc1OC.C=CCOc1ccc(-c2nc3sc(C)c(C)c3c(=O)[nH]2)cc1OC.CC(=O)O. The zero-order chi connectivity index (χ0) is 89.9. The summed E-state index contributed by atoms with van der Waals surface area (Å²) in [6.45, 7) is 40.9. The van der Waals surface area contributed by atoms with Gasteiger partial charge in [-0.25, -0.2) is 24.9 Å². The molecular weight excluding hydrogens is 1680 g/mol. The molecule has 0 bridgehead atoms. The van der Waals surface area contributed by atoms with E-state index in [1.165, 1.54) is 56.7 Å². The third kappa shape index (κ3) is 21.5. The van der Waals surface area contributed by atoms with Gasteiger partial charge in [-0.2, -0.15) is 0 Å². The van der Waals surface area contributed by atoms with Crippen molar-refractivity contribution in [2.75, 3.05) is 68.6 Å². The lowest BCUT2D eigenvalue weighted by Gasteiger charge is -2.10. The standard InChI is InChI=1S/5C18H18N2O3S.C2H4O2/c5*1-5-8-23-13-7-6-12(9-14(13)22-4)16-19-17(21)15-10(2)11(3)24-18(15)20-16;1-2(3)4/h5*5-7,9H,1,8H2,2-4H3,(H,19,20,21);1H3,(H,3,4). The lowest BCUT2D eigenvalue weighted by Crippen LogP contribution is -2.09. The zero-order valence-corrected chi connectivity index (χ0v) is 75.5. The third-order valence-electron chi connectivity index (χ3n) is 19.2. The lowest BCUT2D eigenvalue weighted by molar-refractivity contribution is -0.134. The summed E-state index contributed by atoms with van der Waals surface area (Å²) in [5.74, 6) is 7.73. The summed E-state index contributed by atoms with van der Waals surface area (Å²) in [4.78, 5) is 118. The van der Waals surface area contributed by atoms with Crippen molar-refractivity contribution >= 4 is 114 Å². The van der Waals surface area contributed by atoms with E-state index in [9.17, 15) is 24.0 Å². The average molecular weight is 1770 g/mol. The maximum atomic E-state index is 12.4. The highest BCUT2D eigenvalue weighted by atomic mass is 32.1. The summed E-state index contributed by atoms with van der Waals surface area (Å²) in [6, 6.07) is 27.2. The van der Waals surface area contributed by atoms with E-state index in [-0.39, 0.29) is 27.8 Å². The van der Waals surface area contributed by atoms with Gasteiger partial charge in [0.2, 0.25) is 0 Å². The molecule has 0 saturated carbocycles. The number of hydrogen-bond acceptors (Lipinski definition) is 26. The molecule has 6 N–H and O–H groups in total. The summed E-state index contributed by atoms with van der Waals surface area (Å²) in [7, 11) is 7.87. The maximum absolute atomic E-state index is 12.4. The Morgan fingerprint density at radius 1 is 0.306 bits per heavy atom. The number of nitrogens with one attached hydrogen (secondary N) is 5. The number of hydrogen-bond donors (Lipinski definition) is 6. The molecule has 0 aliphatic rings. The van der Waals surface area contributed by atoms with Crippen LogP contribution < -0.4 is 75.2 Å². The van der Waals surface area contributed by atoms with Crippen LogP contribution in [0.25, 0.3) is 108 Å². The maximum Gasteiger partial charge on any atom is 0.300 e. The molecule has 15 aromatic rings. The van der Waals surface area contributed by atoms with Crippen molar-refractivity contribution in [1.82, 2.24) is 49.8 Å². The largest absolute Gasteiger partial charge is 0.493 e. The number of carbonyl (C=O) groups is 1. The second kappa shape index (κ2) is 42.3. The van der Waals surface area contributed by atoms with E-state index in [0.29, 0.717) is 147 Å². The molecule has 5 aromatic carbocycles. The van der Waals surface area contributed by atoms with Crippen molar-refractivity contribution < 1.29 is 57.3 Å². The van der Waals surface area contributed by atoms with E-state index < -0.39 is 5.97 Å². The molecule has 27 nitrogen and oxygen atoms in total. The minimum absolute atomic E-state index is 0.122. The van der Waals surface area contributed by atoms with E-state index in [4.69, 9.17) is 57.3 Å². The van der Waals surface area contributed by atoms with Gasteiger partial charge >= 0.3 is 0 Å². The molecule has 0 radical (unpaired) electrons. The Bertz CT molecular complexity index is 5910. The second-order valence-corrected chi connectivity index (χ2v) is 33.3. The predicted octanol–water partition coefficient (Wildman–Crippen LogP) is 19.3. The number of benzene rings is 5. The van der Waals surface area contributed by atoms with Crippen LogP contribution in [0.5, 0.6) is 57.5 Å². The van der Waals surface area contributed by atoms with Crippen LogP contribution in [-0.4, -0.2) is 129 Å². The van der Waals surface area contributed by atoms with Crippen LogP contribution in [0.4, 0.5) is 0 Å². The van der Waals surface area contributed by atoms with Gasteiger partial charge < -0.3 is 77.4 Å². The highest BCUT2D eigenvalue weighted by Crippen LogP contribution is 2.40. The summed E-state index contributed by atoms with van der Waals surface area (Å²) in [5.41, 5.74) is 8.15. The number of H-pyrrole nitrogens is 5. The number of aromatic amines is 5. The van der Waals surface area contributed by atoms with Crippen molar-refractivity contribution in [2.24, 2.45) is 0 Å². The van der Waals surface area contributed by atoms with Crippen molar-refractivity contribution in [1.29, 1.82) is 0 Å². The molecule has 0 aliphatic carbocycles. The van der Waals surface area contributed by atoms with Crippen LogP contribution in [0.2, 0.25) is 0 Å². The minimum Gasteiger partial charge on any atom is -0.493 e. The molecule has 0 unspecified atom stereocenters. The quantitative estimate of drug-likeness (QED) is 0.0289. The first-order chi connectivity index (χ1) is 59.5. The molecule has 124 heavy (non-hydrogen) atoms. The van der Waals surface area contributed by atoms with Crippen LogP contribution in [0.1, 0.15) is 59.1 Å². The van der Waals surface area contributed by atoms with E-state index in [1.54, 1.807) is 127 Å². The number of nitrogens with zero attached hydrogens (tertiary/aromatic N) is 5. The van der Waals surface area contributed by atoms with Crippen LogP contribution in [0.3, 0.4) is 0 Å². The fraction of sp³-hybridized carbons (Fsp3) is 0.228. The number of carboxylic acids is 1. The number of aromatic nitrogens is 10. The van der Waals surface area contributed by atoms with Gasteiger partial charge in [-0.05, 0) is 188 Å². The Morgan fingerprint density at radius 3 is 0.597 bits per heavy atom. The first-order valence-electron chi connectivity index (χ1n) is 38.3. The highest BCUT2D eigenvalue weighted by Gasteiger charge is 2.22. The van der Waals surface area contributed by atoms with Crippen LogP contribution in [-0.2, 0) is 4.79 Å². The molecule has 0 aliphatic heterocycles. The van der Waals surface area contributed by atoms with Gasteiger partial charge in [0, 0.05) is 59.1 Å². The van der Waals surface area contributed by atoms with Crippen molar-refractivity contribution in [2.45, 2.75) is 76.2 Å². The topological polar surface area (TPSA) is 358 Å². The average Bonchev–Trinajstić information content (AvgIpc) is 1.63. The Hall–Kier alpha value is -13.5. The van der Waals surface area contributed by atoms with Crippen molar-refractivity contribution in [3.05, 3.63) is 258 Å². The predicted molar refractivity (Wildman–Crippen MR) is 500 cm³/mol. The molecule has 15 rings (SSSR count). The Morgan fingerprint density at radius 2 is 0.460 bits per heavy atom. The van der Waals surface area contributed by atoms with E-state index in [1.807, 2.05) is 99.6 Å². The number of carboxylic acid groups (broad SMARTS) is 1. The van der Waals surface area contributed by atoms with Gasteiger partial charge in [0.05, 0.1) is 62.5 Å². The van der Waals surface area contributed by atoms with Crippen LogP contribution in [0.15, 0.2) is 178 Å². The van der Waals surface area contributed by atoms with Gasteiger partial charge in [0.15, 0.2) is 57.5 Å². The van der Waals surface area contributed by atoms with Gasteiger partial charge in [0.25, 0.3) is 33.8 Å². The first-order valence-corrected chi connectivity index (χ1v) is 42.4. The molecule has 644 valence electrons. The summed E-state index contributed by atoms with van der Waals surface area (Å²) in [5, 5.41) is 10.7. The first kappa shape index (κ1) is 92.8. The molecule has 0 fully saturated rings. The van der Waals surface area contributed by atoms with E-state index in [0.717, 1.165) is 111 Å². The number of aryl methyl sites for hydroxylation is 10. The molecule has 10 aromatic heterocycles. The van der Waals surface area contributed by atoms with E-state index >= 15 is 0 Å². The normalized spacial score (nSPS) is 10.6. The van der Waals surface area contributed by atoms with E-state index in [2.05, 4.69) is 82.7 Å². The van der Waals surface area contributed by atoms with Crippen LogP contribution >= 0.6 is 56.7 Å². The fourth-order valence-corrected chi connectivity index (χ4v) is 17.5. The van der Waals surface area contributed by atoms with Crippen molar-refractivity contribution in [3.63, 3.8) is 0 Å². The Kier molecular flexibility index (Phi) is 31.6. The summed E-state index contributed by atoms with van der Waals surface area (Å²) >= 11 is 7.64. The van der Waals surface area contributed by atoms with Gasteiger partial charge in [-0.15, -0.1) is 56.7 Å². The highest BCUT2D eigenvalue weighted by molar-refractivity contribution is 7.20. The minimum atomic E-state index is -0.833. The second-order valence-electron chi connectivity index (χ2n) is 27.2. The molecule has 32 heteroatoms. The lowest BCUT2D eigenvalue weighted by atomic mass is 10.1. The summed E-state index contributed by atoms with van der Waals surface area (Å²) < 4.78 is 54.6. The molecule has 0 saturated heterocycles. The Balaban J connectivity index is 0.000000160. The summed E-state index contributed by atoms with van der Waals surface area (Å²) in [6.07, 6.45) is 8.34. The number of thiophene rings is 5. The molecular formula is C92H94N10O17S5. The number of methoxy groups -OCH3 is 5. The fourth-order valence-electron chi connectivity index (χ4n) is 12.4. The Labute approximate surface area is 733 Å². The van der Waals surface area contributed by atoms with Crippen LogP contribution in [0, 0.1) is 69.2 Å². The smallest absolute Gasteiger partial charge is 0.300 e. The van der Waals surface area contributed by atoms with Gasteiger partial charge in [-0.3, -0.25) is 28.8 Å². The number of aliphatic carboxylic acids is 1. The monoisotopic (exact) mass is 1770 g/mol. The van der Waals surface area contributed by atoms with Crippen molar-refractivity contribution in [3.8, 4) is 114 Å².